The van der Waals surface area contributed by atoms with Crippen LogP contribution in [0.5, 0.6) is 0 Å². The van der Waals surface area contributed by atoms with Crippen LogP contribution in [0.1, 0.15) is 86.9 Å². The van der Waals surface area contributed by atoms with E-state index in [1.165, 1.54) is 11.3 Å². The van der Waals surface area contributed by atoms with Gasteiger partial charge in [-0.1, -0.05) is 68.0 Å². The Balaban J connectivity index is 1.38. The van der Waals surface area contributed by atoms with E-state index in [0.29, 0.717) is 41.3 Å². The van der Waals surface area contributed by atoms with Crippen LogP contribution >= 0.6 is 11.6 Å². The van der Waals surface area contributed by atoms with Gasteiger partial charge in [0.25, 0.3) is 5.89 Å². The van der Waals surface area contributed by atoms with Gasteiger partial charge in [0.1, 0.15) is 11.6 Å². The topological polar surface area (TPSA) is 200 Å². The van der Waals surface area contributed by atoms with Gasteiger partial charge in [0.2, 0.25) is 21.7 Å². The number of ketones is 2. The number of aliphatic imine (C=N–C) groups is 1. The van der Waals surface area contributed by atoms with Crippen LogP contribution in [0.25, 0.3) is 11.1 Å². The molecule has 2 fully saturated rings. The molecule has 2 aliphatic rings. The summed E-state index contributed by atoms with van der Waals surface area (Å²) in [6.07, 6.45) is 7.68. The van der Waals surface area contributed by atoms with Crippen LogP contribution in [-0.4, -0.2) is 79.3 Å². The molecule has 1 saturated carbocycles. The minimum absolute atomic E-state index is 0.0802. The van der Waals surface area contributed by atoms with Crippen molar-refractivity contribution in [2.75, 3.05) is 19.3 Å². The van der Waals surface area contributed by atoms with Crippen molar-refractivity contribution in [1.29, 1.82) is 0 Å². The number of aromatic nitrogens is 1. The number of halogens is 1. The molecule has 1 saturated heterocycles. The van der Waals surface area contributed by atoms with E-state index in [2.05, 4.69) is 14.7 Å². The number of hydrogen-bond acceptors (Lipinski definition) is 9. The van der Waals surface area contributed by atoms with Crippen molar-refractivity contribution in [2.45, 2.75) is 95.4 Å². The fourth-order valence-electron chi connectivity index (χ4n) is 7.23. The standard InChI is InChI=1S/C37H49ClN6O7S/c1-52(48,49)43-30(18-15-24-8-3-2-4-9-24)36(47)44-22-28(50-23-25-13-16-27(38)17-14-25)21-31(44)32(45)20-26(10-7-19-41-37(39)40)34(46)35-42-29-11-5-6-12-33(29)51-35/h5-6,11-14,16-17,24,26,28,30-31,43H,2-4,7-10,15,18-23H2,1H3,(H4,39,40,41)/t26-,28-,30-,31+/m1/s1. The molecule has 0 radical (unpaired) electrons. The van der Waals surface area contributed by atoms with Gasteiger partial charge in [-0.3, -0.25) is 19.4 Å². The predicted molar refractivity (Wildman–Crippen MR) is 199 cm³/mol. The van der Waals surface area contributed by atoms with Crippen molar-refractivity contribution in [3.63, 3.8) is 0 Å². The highest BCUT2D eigenvalue weighted by Crippen LogP contribution is 2.31. The lowest BCUT2D eigenvalue weighted by atomic mass is 9.85. The first-order chi connectivity index (χ1) is 24.9. The number of rotatable bonds is 18. The van der Waals surface area contributed by atoms with Gasteiger partial charge in [-0.2, -0.15) is 0 Å². The Kier molecular flexibility index (Phi) is 13.8. The summed E-state index contributed by atoms with van der Waals surface area (Å²) >= 11 is 6.05. The number of nitrogens with two attached hydrogens (primary N) is 2. The first-order valence-electron chi connectivity index (χ1n) is 18.0. The summed E-state index contributed by atoms with van der Waals surface area (Å²) in [6, 6.07) is 12.2. The number of fused-ring (bicyclic) bond motifs is 1. The van der Waals surface area contributed by atoms with E-state index in [1.54, 1.807) is 36.4 Å². The van der Waals surface area contributed by atoms with Crippen molar-refractivity contribution < 1.29 is 32.0 Å². The predicted octanol–water partition coefficient (Wildman–Crippen LogP) is 4.76. The molecule has 3 aromatic rings. The van der Waals surface area contributed by atoms with Crippen LogP contribution in [0.3, 0.4) is 0 Å². The summed E-state index contributed by atoms with van der Waals surface area (Å²) < 4.78 is 39.6. The Morgan fingerprint density at radius 2 is 1.81 bits per heavy atom. The van der Waals surface area contributed by atoms with E-state index in [-0.39, 0.29) is 56.6 Å². The number of oxazole rings is 1. The monoisotopic (exact) mass is 756 g/mol. The highest BCUT2D eigenvalue weighted by molar-refractivity contribution is 7.88. The number of likely N-dealkylation sites (tertiary alicyclic amines) is 1. The van der Waals surface area contributed by atoms with E-state index in [1.807, 2.05) is 12.1 Å². The number of benzene rings is 2. The summed E-state index contributed by atoms with van der Waals surface area (Å²) in [5.74, 6) is -1.87. The number of hydrogen-bond donors (Lipinski definition) is 3. The Bertz CT molecular complexity index is 1790. The maximum atomic E-state index is 14.3. The third kappa shape index (κ3) is 11.3. The molecule has 1 aromatic heterocycles. The minimum atomic E-state index is -3.76. The molecule has 13 nitrogen and oxygen atoms in total. The molecule has 0 bridgehead atoms. The lowest BCUT2D eigenvalue weighted by molar-refractivity contribution is -0.139. The van der Waals surface area contributed by atoms with E-state index in [9.17, 15) is 22.8 Å². The average molecular weight is 757 g/mol. The van der Waals surface area contributed by atoms with Crippen LogP contribution < -0.4 is 16.2 Å². The average Bonchev–Trinajstić information content (AvgIpc) is 3.75. The number of nitrogens with zero attached hydrogens (tertiary/aromatic N) is 3. The maximum absolute atomic E-state index is 14.3. The van der Waals surface area contributed by atoms with Crippen LogP contribution in [0, 0.1) is 11.8 Å². The van der Waals surface area contributed by atoms with Crippen LogP contribution in [-0.2, 0) is 31.0 Å². The normalized spacial score (nSPS) is 19.4. The van der Waals surface area contributed by atoms with E-state index >= 15 is 0 Å². The fourth-order valence-corrected chi connectivity index (χ4v) is 8.10. The van der Waals surface area contributed by atoms with Crippen LogP contribution in [0.4, 0.5) is 0 Å². The molecule has 1 aliphatic heterocycles. The van der Waals surface area contributed by atoms with Crippen molar-refractivity contribution in [3.05, 3.63) is 65.0 Å². The highest BCUT2D eigenvalue weighted by Gasteiger charge is 2.43. The van der Waals surface area contributed by atoms with Crippen molar-refractivity contribution in [2.24, 2.45) is 28.3 Å². The second-order valence-electron chi connectivity index (χ2n) is 14.0. The third-order valence-corrected chi connectivity index (χ3v) is 10.9. The van der Waals surface area contributed by atoms with Gasteiger partial charge in [-0.05, 0) is 61.4 Å². The smallest absolute Gasteiger partial charge is 0.264 e. The fraction of sp³-hybridized carbons (Fsp3) is 0.541. The maximum Gasteiger partial charge on any atom is 0.264 e. The van der Waals surface area contributed by atoms with E-state index in [4.69, 9.17) is 32.2 Å². The molecule has 0 spiro atoms. The Morgan fingerprint density at radius 1 is 1.08 bits per heavy atom. The van der Waals surface area contributed by atoms with Gasteiger partial charge in [0.15, 0.2) is 17.3 Å². The number of para-hydroxylation sites is 2. The van der Waals surface area contributed by atoms with Gasteiger partial charge < -0.3 is 25.5 Å². The number of carbonyl (C=O) groups is 3. The van der Waals surface area contributed by atoms with Gasteiger partial charge in [0.05, 0.1) is 25.0 Å². The van der Waals surface area contributed by atoms with Crippen molar-refractivity contribution in [3.8, 4) is 0 Å². The number of amides is 1. The SMILES string of the molecule is CS(=O)(=O)N[C@H](CCC1CCCCC1)C(=O)N1C[C@H](OCc2ccc(Cl)cc2)C[C@H]1C(=O)C[C@@H](CCCN=C(N)N)C(=O)c1nc2ccccc2o1. The Hall–Kier alpha value is -3.85. The molecule has 4 atom stereocenters. The number of carbonyl (C=O) groups excluding carboxylic acids is 3. The molecular formula is C37H49ClN6O7S. The largest absolute Gasteiger partial charge is 0.434 e. The second kappa shape index (κ2) is 18.3. The molecule has 282 valence electrons. The number of ether oxygens (including phenoxy) is 1. The summed E-state index contributed by atoms with van der Waals surface area (Å²) in [5.41, 5.74) is 12.8. The Labute approximate surface area is 309 Å². The minimum Gasteiger partial charge on any atom is -0.434 e. The second-order valence-corrected chi connectivity index (χ2v) is 16.2. The quantitative estimate of drug-likeness (QED) is 0.0704. The molecule has 5 rings (SSSR count). The number of guanidine groups is 1. The molecule has 2 heterocycles. The third-order valence-electron chi connectivity index (χ3n) is 9.89. The first-order valence-corrected chi connectivity index (χ1v) is 20.2. The van der Waals surface area contributed by atoms with Gasteiger partial charge in [0, 0.05) is 36.9 Å². The number of nitrogens with one attached hydrogen (secondary N) is 1. The molecule has 2 aromatic carbocycles. The molecule has 1 aliphatic carbocycles. The summed E-state index contributed by atoms with van der Waals surface area (Å²) in [6.45, 7) is 0.561. The highest BCUT2D eigenvalue weighted by atomic mass is 35.5. The van der Waals surface area contributed by atoms with E-state index in [0.717, 1.165) is 37.5 Å². The van der Waals surface area contributed by atoms with Crippen LogP contribution in [0.15, 0.2) is 57.9 Å². The van der Waals surface area contributed by atoms with Crippen LogP contribution in [0.2, 0.25) is 5.02 Å². The zero-order valence-electron chi connectivity index (χ0n) is 29.5. The lowest BCUT2D eigenvalue weighted by Crippen LogP contribution is -2.52. The molecular weight excluding hydrogens is 708 g/mol. The van der Waals surface area contributed by atoms with Crippen molar-refractivity contribution in [1.82, 2.24) is 14.6 Å². The molecule has 5 N–H and O–H groups in total. The number of Topliss-reactive ketones (excluding diaryl/α,β-unsaturated/α-hetero) is 2. The zero-order valence-corrected chi connectivity index (χ0v) is 31.1. The zero-order chi connectivity index (χ0) is 37.3. The summed E-state index contributed by atoms with van der Waals surface area (Å²) in [4.78, 5) is 52.4. The van der Waals surface area contributed by atoms with Crippen molar-refractivity contribution >= 4 is 56.2 Å². The molecule has 15 heteroatoms. The van der Waals surface area contributed by atoms with Gasteiger partial charge in [-0.15, -0.1) is 0 Å². The molecule has 0 unspecified atom stereocenters. The molecule has 1 amide bonds. The molecule has 52 heavy (non-hydrogen) atoms. The first kappa shape index (κ1) is 39.4. The van der Waals surface area contributed by atoms with Gasteiger partial charge in [-0.25, -0.2) is 18.1 Å². The summed E-state index contributed by atoms with van der Waals surface area (Å²) in [7, 11) is -3.76. The summed E-state index contributed by atoms with van der Waals surface area (Å²) in [5, 5.41) is 0.588. The Morgan fingerprint density at radius 3 is 2.50 bits per heavy atom. The number of sulfonamides is 1. The lowest BCUT2D eigenvalue weighted by Gasteiger charge is -2.30. The van der Waals surface area contributed by atoms with E-state index < -0.39 is 45.8 Å². The van der Waals surface area contributed by atoms with Gasteiger partial charge >= 0.3 is 0 Å².